The molecule has 0 atom stereocenters. The molecule has 0 aliphatic carbocycles. The Balaban J connectivity index is 1.85. The Hall–Kier alpha value is -3.06. The summed E-state index contributed by atoms with van der Waals surface area (Å²) in [7, 11) is 0. The van der Waals surface area contributed by atoms with Crippen LogP contribution in [-0.2, 0) is 0 Å². The minimum atomic E-state index is -0.425. The molecule has 0 saturated heterocycles. The Kier molecular flexibility index (Phi) is 4.39. The van der Waals surface area contributed by atoms with E-state index < -0.39 is 4.92 Å². The van der Waals surface area contributed by atoms with Crippen molar-refractivity contribution in [3.63, 3.8) is 0 Å². The molecular weight excluding hydrogens is 312 g/mol. The molecule has 0 aliphatic heterocycles. The van der Waals surface area contributed by atoms with Gasteiger partial charge in [-0.1, -0.05) is 18.2 Å². The molecule has 7 heteroatoms. The van der Waals surface area contributed by atoms with Crippen molar-refractivity contribution in [2.24, 2.45) is 10.1 Å². The van der Waals surface area contributed by atoms with E-state index in [0.29, 0.717) is 0 Å². The number of nitrogens with zero attached hydrogens (tertiary/aromatic N) is 4. The van der Waals surface area contributed by atoms with Gasteiger partial charge in [0.25, 0.3) is 5.69 Å². The summed E-state index contributed by atoms with van der Waals surface area (Å²) in [6, 6.07) is 15.9. The molecule has 0 unspecified atom stereocenters. The Labute approximate surface area is 135 Å². The second kappa shape index (κ2) is 6.80. The maximum Gasteiger partial charge on any atom is 0.269 e. The first-order valence-corrected chi connectivity index (χ1v) is 7.65. The van der Waals surface area contributed by atoms with Crippen molar-refractivity contribution in [3.8, 4) is 0 Å². The van der Waals surface area contributed by atoms with Gasteiger partial charge < -0.3 is 0 Å². The van der Waals surface area contributed by atoms with E-state index in [2.05, 4.69) is 10.1 Å². The van der Waals surface area contributed by atoms with Gasteiger partial charge in [-0.15, -0.1) is 11.3 Å². The predicted molar refractivity (Wildman–Crippen MR) is 90.1 cm³/mol. The maximum absolute atomic E-state index is 10.6. The molecule has 0 spiro atoms. The number of thiazole rings is 1. The predicted octanol–water partition coefficient (Wildman–Crippen LogP) is 3.57. The Morgan fingerprint density at radius 2 is 1.83 bits per heavy atom. The zero-order valence-electron chi connectivity index (χ0n) is 11.9. The normalized spacial score (nSPS) is 11.9. The van der Waals surface area contributed by atoms with Gasteiger partial charge in [-0.3, -0.25) is 10.1 Å². The summed E-state index contributed by atoms with van der Waals surface area (Å²) in [5, 5.41) is 16.9. The van der Waals surface area contributed by atoms with Gasteiger partial charge in [0.1, 0.15) is 0 Å². The number of non-ortho nitro benzene ring substituents is 1. The Morgan fingerprint density at radius 1 is 1.09 bits per heavy atom. The van der Waals surface area contributed by atoms with E-state index in [-0.39, 0.29) is 5.69 Å². The zero-order chi connectivity index (χ0) is 16.1. The molecule has 1 aromatic heterocycles. The monoisotopic (exact) mass is 324 g/mol. The lowest BCUT2D eigenvalue weighted by molar-refractivity contribution is -0.384. The van der Waals surface area contributed by atoms with Crippen LogP contribution in [0.3, 0.4) is 0 Å². The van der Waals surface area contributed by atoms with Crippen LogP contribution in [0.5, 0.6) is 0 Å². The van der Waals surface area contributed by atoms with E-state index in [1.807, 2.05) is 41.9 Å². The van der Waals surface area contributed by atoms with Crippen molar-refractivity contribution in [3.05, 3.63) is 86.7 Å². The molecule has 2 aromatic carbocycles. The first-order valence-electron chi connectivity index (χ1n) is 6.77. The van der Waals surface area contributed by atoms with E-state index in [9.17, 15) is 10.1 Å². The SMILES string of the molecule is O=[N+]([O-])c1ccc(/C=N/n2ccsc2=Nc2ccccc2)cc1. The highest BCUT2D eigenvalue weighted by Gasteiger charge is 2.02. The Bertz CT molecular complexity index is 896. The zero-order valence-corrected chi connectivity index (χ0v) is 12.8. The van der Waals surface area contributed by atoms with E-state index in [1.165, 1.54) is 23.5 Å². The molecule has 0 amide bonds. The van der Waals surface area contributed by atoms with Gasteiger partial charge in [-0.25, -0.2) is 9.67 Å². The van der Waals surface area contributed by atoms with Crippen LogP contribution in [0.1, 0.15) is 5.56 Å². The topological polar surface area (TPSA) is 72.8 Å². The van der Waals surface area contributed by atoms with E-state index in [0.717, 1.165) is 16.1 Å². The number of hydrogen-bond acceptors (Lipinski definition) is 5. The van der Waals surface area contributed by atoms with Crippen molar-refractivity contribution in [1.29, 1.82) is 0 Å². The fourth-order valence-corrected chi connectivity index (χ4v) is 2.53. The molecule has 0 bridgehead atoms. The number of rotatable bonds is 4. The van der Waals surface area contributed by atoms with Crippen LogP contribution in [0.4, 0.5) is 11.4 Å². The van der Waals surface area contributed by atoms with Crippen molar-refractivity contribution in [2.45, 2.75) is 0 Å². The quantitative estimate of drug-likeness (QED) is 0.418. The number of benzene rings is 2. The number of nitro groups is 1. The second-order valence-electron chi connectivity index (χ2n) is 4.57. The van der Waals surface area contributed by atoms with Crippen molar-refractivity contribution in [1.82, 2.24) is 4.68 Å². The number of para-hydroxylation sites is 1. The number of hydrogen-bond donors (Lipinski definition) is 0. The smallest absolute Gasteiger partial charge is 0.258 e. The highest BCUT2D eigenvalue weighted by atomic mass is 32.1. The number of nitro benzene ring substituents is 1. The minimum absolute atomic E-state index is 0.0603. The van der Waals surface area contributed by atoms with E-state index >= 15 is 0 Å². The minimum Gasteiger partial charge on any atom is -0.258 e. The van der Waals surface area contributed by atoms with Gasteiger partial charge in [-0.05, 0) is 29.8 Å². The van der Waals surface area contributed by atoms with Crippen LogP contribution >= 0.6 is 11.3 Å². The summed E-state index contributed by atoms with van der Waals surface area (Å²) in [4.78, 5) is 15.5. The lowest BCUT2D eigenvalue weighted by Gasteiger charge is -1.96. The van der Waals surface area contributed by atoms with Crippen LogP contribution in [0.2, 0.25) is 0 Å². The standard InChI is InChI=1S/C16H12N4O2S/c21-20(22)15-8-6-13(7-9-15)12-17-19-10-11-23-16(19)18-14-4-2-1-3-5-14/h1-12H/b17-12+,18-16?. The fourth-order valence-electron chi connectivity index (χ4n) is 1.86. The molecular formula is C16H12N4O2S. The van der Waals surface area contributed by atoms with Gasteiger partial charge in [0, 0.05) is 23.7 Å². The van der Waals surface area contributed by atoms with Crippen LogP contribution in [0, 0.1) is 10.1 Å². The largest absolute Gasteiger partial charge is 0.269 e. The summed E-state index contributed by atoms with van der Waals surface area (Å²) >= 11 is 1.48. The van der Waals surface area contributed by atoms with Gasteiger partial charge in [0.05, 0.1) is 16.8 Å². The summed E-state index contributed by atoms with van der Waals surface area (Å²) in [6.45, 7) is 0. The first-order chi connectivity index (χ1) is 11.2. The molecule has 0 fully saturated rings. The van der Waals surface area contributed by atoms with Gasteiger partial charge in [0.15, 0.2) is 0 Å². The third-order valence-electron chi connectivity index (χ3n) is 2.99. The van der Waals surface area contributed by atoms with Gasteiger partial charge in [0.2, 0.25) is 4.80 Å². The molecule has 0 N–H and O–H groups in total. The van der Waals surface area contributed by atoms with Crippen molar-refractivity contribution in [2.75, 3.05) is 0 Å². The molecule has 0 radical (unpaired) electrons. The van der Waals surface area contributed by atoms with Crippen LogP contribution in [0.25, 0.3) is 0 Å². The molecule has 0 saturated carbocycles. The van der Waals surface area contributed by atoms with Gasteiger partial charge >= 0.3 is 0 Å². The van der Waals surface area contributed by atoms with E-state index in [1.54, 1.807) is 23.0 Å². The lowest BCUT2D eigenvalue weighted by atomic mass is 10.2. The highest BCUT2D eigenvalue weighted by molar-refractivity contribution is 7.07. The molecule has 0 aliphatic rings. The van der Waals surface area contributed by atoms with Crippen LogP contribution in [-0.4, -0.2) is 15.8 Å². The molecule has 6 nitrogen and oxygen atoms in total. The average Bonchev–Trinajstić information content (AvgIpc) is 3.01. The first kappa shape index (κ1) is 14.9. The average molecular weight is 324 g/mol. The molecule has 114 valence electrons. The summed E-state index contributed by atoms with van der Waals surface area (Å²) in [5.41, 5.74) is 1.69. The summed E-state index contributed by atoms with van der Waals surface area (Å²) < 4.78 is 1.67. The Morgan fingerprint density at radius 3 is 2.52 bits per heavy atom. The van der Waals surface area contributed by atoms with Crippen molar-refractivity contribution >= 4 is 28.9 Å². The maximum atomic E-state index is 10.6. The third-order valence-corrected chi connectivity index (χ3v) is 3.73. The molecule has 1 heterocycles. The number of aromatic nitrogens is 1. The summed E-state index contributed by atoms with van der Waals surface area (Å²) in [5.74, 6) is 0. The van der Waals surface area contributed by atoms with Gasteiger partial charge in [-0.2, -0.15) is 5.10 Å². The molecule has 3 rings (SSSR count). The summed E-state index contributed by atoms with van der Waals surface area (Å²) in [6.07, 6.45) is 3.45. The fraction of sp³-hybridized carbons (Fsp3) is 0. The van der Waals surface area contributed by atoms with Crippen molar-refractivity contribution < 1.29 is 4.92 Å². The molecule has 23 heavy (non-hydrogen) atoms. The highest BCUT2D eigenvalue weighted by Crippen LogP contribution is 2.11. The van der Waals surface area contributed by atoms with E-state index in [4.69, 9.17) is 0 Å². The lowest BCUT2D eigenvalue weighted by Crippen LogP contribution is -2.08. The van der Waals surface area contributed by atoms with Crippen LogP contribution < -0.4 is 4.80 Å². The molecule has 3 aromatic rings. The third kappa shape index (κ3) is 3.78. The van der Waals surface area contributed by atoms with Crippen LogP contribution in [0.15, 0.2) is 76.3 Å². The second-order valence-corrected chi connectivity index (χ2v) is 5.44.